The van der Waals surface area contributed by atoms with E-state index in [9.17, 15) is 5.11 Å². The van der Waals surface area contributed by atoms with E-state index in [1.54, 1.807) is 11.3 Å². The topological polar surface area (TPSA) is 20.2 Å². The summed E-state index contributed by atoms with van der Waals surface area (Å²) in [6, 6.07) is 16.3. The van der Waals surface area contributed by atoms with Gasteiger partial charge in [-0.3, -0.25) is 0 Å². The van der Waals surface area contributed by atoms with Crippen molar-refractivity contribution in [3.8, 4) is 0 Å². The second kappa shape index (κ2) is 4.32. The number of rotatable bonds is 2. The zero-order valence-corrected chi connectivity index (χ0v) is 10.0. The van der Waals surface area contributed by atoms with Crippen molar-refractivity contribution in [1.82, 2.24) is 0 Å². The lowest BCUT2D eigenvalue weighted by atomic mass is 10.0. The molecule has 3 aromatic rings. The zero-order valence-electron chi connectivity index (χ0n) is 9.21. The molecule has 0 bridgehead atoms. The van der Waals surface area contributed by atoms with Crippen LogP contribution >= 0.6 is 11.3 Å². The van der Waals surface area contributed by atoms with Crippen LogP contribution in [0.4, 0.5) is 0 Å². The van der Waals surface area contributed by atoms with Gasteiger partial charge in [0.1, 0.15) is 6.10 Å². The quantitative estimate of drug-likeness (QED) is 0.718. The van der Waals surface area contributed by atoms with E-state index >= 15 is 0 Å². The maximum Gasteiger partial charge on any atom is 0.105 e. The molecular formula is C15H12OS. The third-order valence-electron chi connectivity index (χ3n) is 2.95. The first kappa shape index (κ1) is 10.5. The van der Waals surface area contributed by atoms with Crippen LogP contribution in [0.2, 0.25) is 0 Å². The molecule has 0 radical (unpaired) electrons. The molecule has 0 unspecified atom stereocenters. The fourth-order valence-corrected chi connectivity index (χ4v) is 2.68. The van der Waals surface area contributed by atoms with Crippen LogP contribution < -0.4 is 0 Å². The lowest BCUT2D eigenvalue weighted by Gasteiger charge is -2.10. The summed E-state index contributed by atoms with van der Waals surface area (Å²) in [6.07, 6.45) is -0.522. The number of fused-ring (bicyclic) bond motifs is 1. The van der Waals surface area contributed by atoms with Crippen LogP contribution in [0.15, 0.2) is 59.3 Å². The first-order valence-electron chi connectivity index (χ1n) is 5.53. The van der Waals surface area contributed by atoms with Crippen LogP contribution in [0.1, 0.15) is 17.2 Å². The largest absolute Gasteiger partial charge is 0.384 e. The molecule has 2 aromatic carbocycles. The minimum absolute atomic E-state index is 0.522. The molecule has 0 aliphatic heterocycles. The maximum absolute atomic E-state index is 10.2. The fraction of sp³-hybridized carbons (Fsp3) is 0.0667. The van der Waals surface area contributed by atoms with Crippen molar-refractivity contribution in [3.63, 3.8) is 0 Å². The van der Waals surface area contributed by atoms with Crippen molar-refractivity contribution in [2.45, 2.75) is 6.10 Å². The molecule has 84 valence electrons. The molecule has 0 spiro atoms. The Morgan fingerprint density at radius 2 is 1.71 bits per heavy atom. The van der Waals surface area contributed by atoms with Gasteiger partial charge in [0.2, 0.25) is 0 Å². The van der Waals surface area contributed by atoms with Crippen molar-refractivity contribution in [3.05, 3.63) is 70.4 Å². The molecule has 1 atom stereocenters. The Morgan fingerprint density at radius 3 is 2.47 bits per heavy atom. The molecule has 1 nitrogen and oxygen atoms in total. The molecule has 0 amide bonds. The minimum Gasteiger partial charge on any atom is -0.384 e. The van der Waals surface area contributed by atoms with E-state index < -0.39 is 6.10 Å². The summed E-state index contributed by atoms with van der Waals surface area (Å²) in [7, 11) is 0. The molecule has 0 aliphatic rings. The van der Waals surface area contributed by atoms with Gasteiger partial charge in [-0.15, -0.1) is 0 Å². The number of hydrogen-bond donors (Lipinski definition) is 1. The average molecular weight is 240 g/mol. The van der Waals surface area contributed by atoms with Gasteiger partial charge in [-0.2, -0.15) is 11.3 Å². The van der Waals surface area contributed by atoms with Crippen LogP contribution in [-0.4, -0.2) is 5.11 Å². The number of thiophene rings is 1. The summed E-state index contributed by atoms with van der Waals surface area (Å²) < 4.78 is 0. The van der Waals surface area contributed by atoms with E-state index in [4.69, 9.17) is 0 Å². The molecule has 0 saturated carbocycles. The molecule has 1 aromatic heterocycles. The highest BCUT2D eigenvalue weighted by Gasteiger charge is 2.10. The van der Waals surface area contributed by atoms with E-state index in [1.807, 2.05) is 35.0 Å². The van der Waals surface area contributed by atoms with Gasteiger partial charge >= 0.3 is 0 Å². The lowest BCUT2D eigenvalue weighted by molar-refractivity contribution is 0.221. The Hall–Kier alpha value is -1.64. The number of benzene rings is 2. The van der Waals surface area contributed by atoms with Crippen LogP contribution in [0.3, 0.4) is 0 Å². The predicted molar refractivity (Wildman–Crippen MR) is 72.3 cm³/mol. The second-order valence-electron chi connectivity index (χ2n) is 4.07. The third kappa shape index (κ3) is 1.97. The van der Waals surface area contributed by atoms with E-state index in [2.05, 4.69) is 24.3 Å². The van der Waals surface area contributed by atoms with Gasteiger partial charge in [0.15, 0.2) is 0 Å². The smallest absolute Gasteiger partial charge is 0.105 e. The van der Waals surface area contributed by atoms with Crippen LogP contribution in [0.5, 0.6) is 0 Å². The van der Waals surface area contributed by atoms with Gasteiger partial charge in [0, 0.05) is 0 Å². The number of aliphatic hydroxyl groups excluding tert-OH is 1. The maximum atomic E-state index is 10.2. The molecule has 1 N–H and O–H groups in total. The van der Waals surface area contributed by atoms with Gasteiger partial charge in [0.05, 0.1) is 0 Å². The highest BCUT2D eigenvalue weighted by molar-refractivity contribution is 7.07. The first-order valence-corrected chi connectivity index (χ1v) is 6.48. The molecule has 1 heterocycles. The van der Waals surface area contributed by atoms with E-state index in [1.165, 1.54) is 10.8 Å². The SMILES string of the molecule is O[C@H](c1ccsc1)c1ccc2ccccc2c1. The van der Waals surface area contributed by atoms with Gasteiger partial charge in [0.25, 0.3) is 0 Å². The van der Waals surface area contributed by atoms with Gasteiger partial charge in [-0.1, -0.05) is 36.4 Å². The average Bonchev–Trinajstić information content (AvgIpc) is 2.91. The highest BCUT2D eigenvalue weighted by Crippen LogP contribution is 2.26. The molecule has 0 saturated heterocycles. The summed E-state index contributed by atoms with van der Waals surface area (Å²) in [5.41, 5.74) is 1.91. The standard InChI is InChI=1S/C15H12OS/c16-15(14-7-8-17-10-14)13-6-5-11-3-1-2-4-12(11)9-13/h1-10,15-16H/t15-/m0/s1. The van der Waals surface area contributed by atoms with Crippen molar-refractivity contribution in [2.75, 3.05) is 0 Å². The molecule has 17 heavy (non-hydrogen) atoms. The van der Waals surface area contributed by atoms with Gasteiger partial charge in [-0.05, 0) is 44.8 Å². The minimum atomic E-state index is -0.522. The fourth-order valence-electron chi connectivity index (χ4n) is 2.00. The zero-order chi connectivity index (χ0) is 11.7. The number of hydrogen-bond acceptors (Lipinski definition) is 2. The molecule has 2 heteroatoms. The van der Waals surface area contributed by atoms with Crippen molar-refractivity contribution < 1.29 is 5.11 Å². The Kier molecular flexibility index (Phi) is 2.67. The summed E-state index contributed by atoms with van der Waals surface area (Å²) in [6.45, 7) is 0. The summed E-state index contributed by atoms with van der Waals surface area (Å²) >= 11 is 1.61. The van der Waals surface area contributed by atoms with Crippen molar-refractivity contribution >= 4 is 22.1 Å². The Morgan fingerprint density at radius 1 is 0.882 bits per heavy atom. The van der Waals surface area contributed by atoms with Crippen LogP contribution in [0, 0.1) is 0 Å². The summed E-state index contributed by atoms with van der Waals surface area (Å²) in [4.78, 5) is 0. The third-order valence-corrected chi connectivity index (χ3v) is 3.65. The van der Waals surface area contributed by atoms with Gasteiger partial charge in [-0.25, -0.2) is 0 Å². The normalized spacial score (nSPS) is 12.8. The van der Waals surface area contributed by atoms with E-state index in [0.29, 0.717) is 0 Å². The monoisotopic (exact) mass is 240 g/mol. The molecule has 0 fully saturated rings. The van der Waals surface area contributed by atoms with E-state index in [0.717, 1.165) is 11.1 Å². The highest BCUT2D eigenvalue weighted by atomic mass is 32.1. The molecular weight excluding hydrogens is 228 g/mol. The number of aliphatic hydroxyl groups is 1. The second-order valence-corrected chi connectivity index (χ2v) is 4.85. The Labute approximate surface area is 104 Å². The van der Waals surface area contributed by atoms with Crippen molar-refractivity contribution in [1.29, 1.82) is 0 Å². The molecule has 3 rings (SSSR count). The van der Waals surface area contributed by atoms with Crippen LogP contribution in [0.25, 0.3) is 10.8 Å². The van der Waals surface area contributed by atoms with Gasteiger partial charge < -0.3 is 5.11 Å². The first-order chi connectivity index (χ1) is 8.34. The lowest BCUT2D eigenvalue weighted by Crippen LogP contribution is -1.97. The Balaban J connectivity index is 2.06. The van der Waals surface area contributed by atoms with Crippen LogP contribution in [-0.2, 0) is 0 Å². The van der Waals surface area contributed by atoms with E-state index in [-0.39, 0.29) is 0 Å². The summed E-state index contributed by atoms with van der Waals surface area (Å²) in [5, 5.41) is 16.6. The summed E-state index contributed by atoms with van der Waals surface area (Å²) in [5.74, 6) is 0. The molecule has 0 aliphatic carbocycles. The van der Waals surface area contributed by atoms with Crippen molar-refractivity contribution in [2.24, 2.45) is 0 Å². The Bertz CT molecular complexity index is 628. The predicted octanol–water partition coefficient (Wildman–Crippen LogP) is 3.98.